The predicted octanol–water partition coefficient (Wildman–Crippen LogP) is 3.00. The summed E-state index contributed by atoms with van der Waals surface area (Å²) in [6.45, 7) is 7.96. The molecule has 5 heteroatoms. The molecule has 1 heterocycles. The van der Waals surface area contributed by atoms with Gasteiger partial charge in [-0.05, 0) is 51.8 Å². The quantitative estimate of drug-likeness (QED) is 0.496. The highest BCUT2D eigenvalue weighted by atomic mass is 32.2. The van der Waals surface area contributed by atoms with Crippen LogP contribution in [0.25, 0.3) is 0 Å². The van der Waals surface area contributed by atoms with Crippen LogP contribution in [-0.2, 0) is 14.3 Å². The van der Waals surface area contributed by atoms with Crippen molar-refractivity contribution >= 4 is 17.7 Å². The third kappa shape index (κ3) is 6.17. The highest BCUT2D eigenvalue weighted by Crippen LogP contribution is 2.27. The van der Waals surface area contributed by atoms with E-state index in [1.54, 1.807) is 0 Å². The van der Waals surface area contributed by atoms with Crippen molar-refractivity contribution in [1.82, 2.24) is 5.32 Å². The Balaban J connectivity index is 2.24. The number of nitrogens with one attached hydrogen (secondary N) is 1. The highest BCUT2D eigenvalue weighted by molar-refractivity contribution is 7.99. The topological polar surface area (TPSA) is 47.6 Å². The van der Waals surface area contributed by atoms with Crippen LogP contribution in [0.4, 0.5) is 0 Å². The predicted molar refractivity (Wildman–Crippen MR) is 88.8 cm³/mol. The van der Waals surface area contributed by atoms with E-state index in [4.69, 9.17) is 9.47 Å². The van der Waals surface area contributed by atoms with Gasteiger partial charge in [0.1, 0.15) is 5.54 Å². The molecule has 0 aromatic carbocycles. The lowest BCUT2D eigenvalue weighted by atomic mass is 9.95. The molecule has 0 aromatic rings. The second-order valence-electron chi connectivity index (χ2n) is 5.98. The van der Waals surface area contributed by atoms with Crippen molar-refractivity contribution in [3.63, 3.8) is 0 Å². The van der Waals surface area contributed by atoms with Crippen LogP contribution >= 0.6 is 11.8 Å². The average Bonchev–Trinajstić information content (AvgIpc) is 2.89. The van der Waals surface area contributed by atoms with Crippen molar-refractivity contribution in [1.29, 1.82) is 0 Å². The van der Waals surface area contributed by atoms with E-state index >= 15 is 0 Å². The SMILES string of the molecule is CCCNC(C)(CCCCSC1CCOC1C)C(=O)OC. The summed E-state index contributed by atoms with van der Waals surface area (Å²) in [5.74, 6) is 0.991. The second-order valence-corrected chi connectivity index (χ2v) is 7.33. The van der Waals surface area contributed by atoms with Crippen LogP contribution in [0.3, 0.4) is 0 Å². The van der Waals surface area contributed by atoms with Crippen molar-refractivity contribution in [2.45, 2.75) is 69.8 Å². The zero-order chi connectivity index (χ0) is 15.7. The Morgan fingerprint density at radius 1 is 1.48 bits per heavy atom. The number of thioether (sulfide) groups is 1. The van der Waals surface area contributed by atoms with E-state index < -0.39 is 5.54 Å². The van der Waals surface area contributed by atoms with E-state index in [1.807, 2.05) is 18.7 Å². The lowest BCUT2D eigenvalue weighted by Gasteiger charge is -2.28. The molecule has 0 saturated carbocycles. The molecule has 0 aromatic heterocycles. The Kier molecular flexibility index (Phi) is 8.67. The summed E-state index contributed by atoms with van der Waals surface area (Å²) in [5.41, 5.74) is -0.542. The number of methoxy groups -OCH3 is 1. The summed E-state index contributed by atoms with van der Waals surface area (Å²) in [6, 6.07) is 0. The van der Waals surface area contributed by atoms with Gasteiger partial charge in [0, 0.05) is 11.9 Å². The van der Waals surface area contributed by atoms with Crippen LogP contribution in [-0.4, -0.2) is 48.9 Å². The second kappa shape index (κ2) is 9.70. The van der Waals surface area contributed by atoms with E-state index in [2.05, 4.69) is 19.2 Å². The fourth-order valence-corrected chi connectivity index (χ4v) is 3.92. The monoisotopic (exact) mass is 317 g/mol. The molecule has 21 heavy (non-hydrogen) atoms. The zero-order valence-electron chi connectivity index (χ0n) is 13.9. The van der Waals surface area contributed by atoms with Crippen LogP contribution < -0.4 is 5.32 Å². The molecule has 1 saturated heterocycles. The molecule has 1 rings (SSSR count). The molecule has 124 valence electrons. The Bertz CT molecular complexity index is 314. The summed E-state index contributed by atoms with van der Waals surface area (Å²) in [4.78, 5) is 11.9. The largest absolute Gasteiger partial charge is 0.468 e. The molecule has 1 N–H and O–H groups in total. The Morgan fingerprint density at radius 3 is 2.81 bits per heavy atom. The lowest BCUT2D eigenvalue weighted by Crippen LogP contribution is -2.50. The minimum Gasteiger partial charge on any atom is -0.468 e. The van der Waals surface area contributed by atoms with Crippen molar-refractivity contribution in [3.8, 4) is 0 Å². The number of esters is 1. The van der Waals surface area contributed by atoms with Gasteiger partial charge in [-0.1, -0.05) is 13.3 Å². The smallest absolute Gasteiger partial charge is 0.325 e. The van der Waals surface area contributed by atoms with Gasteiger partial charge in [-0.3, -0.25) is 4.79 Å². The van der Waals surface area contributed by atoms with Crippen molar-refractivity contribution in [3.05, 3.63) is 0 Å². The van der Waals surface area contributed by atoms with Gasteiger partial charge in [-0.15, -0.1) is 0 Å². The first-order chi connectivity index (χ1) is 10.0. The molecule has 3 unspecified atom stereocenters. The maximum atomic E-state index is 11.9. The van der Waals surface area contributed by atoms with E-state index in [0.717, 1.165) is 44.6 Å². The maximum absolute atomic E-state index is 11.9. The molecule has 1 aliphatic rings. The molecular weight excluding hydrogens is 286 g/mol. The summed E-state index contributed by atoms with van der Waals surface area (Å²) in [6.07, 6.45) is 5.58. The third-order valence-corrected chi connectivity index (χ3v) is 5.68. The molecule has 1 fully saturated rings. The van der Waals surface area contributed by atoms with Crippen LogP contribution in [0.15, 0.2) is 0 Å². The van der Waals surface area contributed by atoms with E-state index in [-0.39, 0.29) is 5.97 Å². The summed E-state index contributed by atoms with van der Waals surface area (Å²) < 4.78 is 10.5. The van der Waals surface area contributed by atoms with Gasteiger partial charge >= 0.3 is 5.97 Å². The number of hydrogen-bond donors (Lipinski definition) is 1. The number of unbranched alkanes of at least 4 members (excludes halogenated alkanes) is 1. The van der Waals surface area contributed by atoms with Crippen LogP contribution in [0.1, 0.15) is 52.9 Å². The van der Waals surface area contributed by atoms with Gasteiger partial charge in [-0.2, -0.15) is 11.8 Å². The van der Waals surface area contributed by atoms with Crippen LogP contribution in [0.2, 0.25) is 0 Å². The van der Waals surface area contributed by atoms with E-state index in [1.165, 1.54) is 13.5 Å². The number of carbonyl (C=O) groups is 1. The minimum atomic E-state index is -0.542. The van der Waals surface area contributed by atoms with Gasteiger partial charge in [0.15, 0.2) is 0 Å². The standard InChI is InChI=1S/C16H31NO3S/c1-5-10-17-16(3,15(18)19-4)9-6-7-12-21-14-8-11-20-13(14)2/h13-14,17H,5-12H2,1-4H3. The van der Waals surface area contributed by atoms with Crippen molar-refractivity contribution in [2.24, 2.45) is 0 Å². The molecule has 1 aliphatic heterocycles. The number of rotatable bonds is 10. The number of ether oxygens (including phenoxy) is 2. The van der Waals surface area contributed by atoms with Gasteiger partial charge in [0.05, 0.1) is 13.2 Å². The Labute approximate surface area is 133 Å². The van der Waals surface area contributed by atoms with Gasteiger partial charge in [0.25, 0.3) is 0 Å². The maximum Gasteiger partial charge on any atom is 0.325 e. The number of carbonyl (C=O) groups excluding carboxylic acids is 1. The summed E-state index contributed by atoms with van der Waals surface area (Å²) in [7, 11) is 1.46. The molecule has 4 nitrogen and oxygen atoms in total. The zero-order valence-corrected chi connectivity index (χ0v) is 14.8. The molecule has 0 aliphatic carbocycles. The minimum absolute atomic E-state index is 0.151. The first-order valence-corrected chi connectivity index (χ1v) is 9.15. The molecular formula is C16H31NO3S. The summed E-state index contributed by atoms with van der Waals surface area (Å²) in [5, 5.41) is 3.98. The van der Waals surface area contributed by atoms with Crippen molar-refractivity contribution < 1.29 is 14.3 Å². The fraction of sp³-hybridized carbons (Fsp3) is 0.938. The van der Waals surface area contributed by atoms with E-state index in [9.17, 15) is 4.79 Å². The summed E-state index contributed by atoms with van der Waals surface area (Å²) >= 11 is 2.01. The third-order valence-electron chi connectivity index (χ3n) is 4.11. The molecule has 0 amide bonds. The molecule has 3 atom stereocenters. The van der Waals surface area contributed by atoms with Gasteiger partial charge < -0.3 is 14.8 Å². The Morgan fingerprint density at radius 2 is 2.24 bits per heavy atom. The molecule has 0 spiro atoms. The first kappa shape index (κ1) is 18.8. The molecule has 0 radical (unpaired) electrons. The molecule has 0 bridgehead atoms. The van der Waals surface area contributed by atoms with Gasteiger partial charge in [-0.25, -0.2) is 0 Å². The number of hydrogen-bond acceptors (Lipinski definition) is 5. The fourth-order valence-electron chi connectivity index (χ4n) is 2.64. The van der Waals surface area contributed by atoms with E-state index in [0.29, 0.717) is 11.4 Å². The average molecular weight is 317 g/mol. The van der Waals surface area contributed by atoms with Crippen LogP contribution in [0.5, 0.6) is 0 Å². The first-order valence-electron chi connectivity index (χ1n) is 8.10. The highest BCUT2D eigenvalue weighted by Gasteiger charge is 2.32. The normalized spacial score (nSPS) is 24.8. The van der Waals surface area contributed by atoms with Gasteiger partial charge in [0.2, 0.25) is 0 Å². The van der Waals surface area contributed by atoms with Crippen LogP contribution in [0, 0.1) is 0 Å². The lowest BCUT2D eigenvalue weighted by molar-refractivity contribution is -0.148. The Hall–Kier alpha value is -0.260. The van der Waals surface area contributed by atoms with Crippen molar-refractivity contribution in [2.75, 3.05) is 26.0 Å².